The Kier molecular flexibility index (Phi) is 2.10. The highest BCUT2D eigenvalue weighted by atomic mass is 16.2. The zero-order valence-electron chi connectivity index (χ0n) is 8.78. The second-order valence-corrected chi connectivity index (χ2v) is 4.42. The maximum Gasteiger partial charge on any atom is 0.235 e. The smallest absolute Gasteiger partial charge is 0.235 e. The van der Waals surface area contributed by atoms with Gasteiger partial charge in [0, 0.05) is 12.6 Å². The first kappa shape index (κ1) is 9.89. The second kappa shape index (κ2) is 3.18. The van der Waals surface area contributed by atoms with Crippen LogP contribution in [0.3, 0.4) is 0 Å². The van der Waals surface area contributed by atoms with E-state index >= 15 is 0 Å². The summed E-state index contributed by atoms with van der Waals surface area (Å²) in [7, 11) is 0. The topological polar surface area (TPSA) is 66.1 Å². The standard InChI is InChI=1S/C10H13N3O2/c1-10(2)3-8(14)13(9(10)15)5-7-4-11-6-12-7/h4,6H,3,5H2,1-2H3,(H,11,12). The maximum absolute atomic E-state index is 11.8. The number of carbonyl (C=O) groups excluding carboxylic acids is 2. The van der Waals surface area contributed by atoms with Gasteiger partial charge < -0.3 is 4.98 Å². The fraction of sp³-hybridized carbons (Fsp3) is 0.500. The van der Waals surface area contributed by atoms with Crippen LogP contribution >= 0.6 is 0 Å². The molecule has 0 aromatic carbocycles. The van der Waals surface area contributed by atoms with Gasteiger partial charge in [0.25, 0.3) is 0 Å². The van der Waals surface area contributed by atoms with Crippen LogP contribution in [0.25, 0.3) is 0 Å². The lowest BCUT2D eigenvalue weighted by Gasteiger charge is -2.16. The Bertz CT molecular complexity index is 395. The highest BCUT2D eigenvalue weighted by Crippen LogP contribution is 2.32. The summed E-state index contributed by atoms with van der Waals surface area (Å²) >= 11 is 0. The molecule has 5 heteroatoms. The van der Waals surface area contributed by atoms with Gasteiger partial charge in [0.15, 0.2) is 0 Å². The molecule has 2 heterocycles. The molecule has 0 atom stereocenters. The minimum absolute atomic E-state index is 0.109. The van der Waals surface area contributed by atoms with E-state index in [1.807, 2.05) is 0 Å². The number of carbonyl (C=O) groups is 2. The quantitative estimate of drug-likeness (QED) is 0.726. The minimum Gasteiger partial charge on any atom is -0.347 e. The third-order valence-corrected chi connectivity index (χ3v) is 2.60. The molecule has 1 saturated heterocycles. The first-order chi connectivity index (χ1) is 7.00. The molecule has 1 N–H and O–H groups in total. The Balaban J connectivity index is 2.17. The monoisotopic (exact) mass is 207 g/mol. The molecule has 0 unspecified atom stereocenters. The fourth-order valence-corrected chi connectivity index (χ4v) is 1.73. The van der Waals surface area contributed by atoms with Crippen molar-refractivity contribution in [3.8, 4) is 0 Å². The van der Waals surface area contributed by atoms with Gasteiger partial charge in [-0.15, -0.1) is 0 Å². The van der Waals surface area contributed by atoms with Crippen molar-refractivity contribution in [3.63, 3.8) is 0 Å². The number of rotatable bonds is 2. The first-order valence-corrected chi connectivity index (χ1v) is 4.83. The molecule has 0 radical (unpaired) electrons. The Hall–Kier alpha value is -1.65. The largest absolute Gasteiger partial charge is 0.347 e. The van der Waals surface area contributed by atoms with Crippen LogP contribution in [0, 0.1) is 5.41 Å². The molecule has 1 fully saturated rings. The maximum atomic E-state index is 11.8. The van der Waals surface area contributed by atoms with E-state index in [1.54, 1.807) is 20.0 Å². The third-order valence-electron chi connectivity index (χ3n) is 2.60. The van der Waals surface area contributed by atoms with Gasteiger partial charge in [-0.3, -0.25) is 14.5 Å². The van der Waals surface area contributed by atoms with E-state index in [4.69, 9.17) is 0 Å². The lowest BCUT2D eigenvalue weighted by Crippen LogP contribution is -2.32. The van der Waals surface area contributed by atoms with Gasteiger partial charge >= 0.3 is 0 Å². The van der Waals surface area contributed by atoms with E-state index in [1.165, 1.54) is 11.2 Å². The predicted octanol–water partition coefficient (Wildman–Crippen LogP) is 0.695. The number of imidazole rings is 1. The van der Waals surface area contributed by atoms with E-state index in [0.717, 1.165) is 5.69 Å². The molecule has 80 valence electrons. The van der Waals surface area contributed by atoms with Crippen molar-refractivity contribution in [2.45, 2.75) is 26.8 Å². The van der Waals surface area contributed by atoms with Gasteiger partial charge in [0.2, 0.25) is 11.8 Å². The molecule has 0 aliphatic carbocycles. The first-order valence-electron chi connectivity index (χ1n) is 4.83. The Morgan fingerprint density at radius 3 is 2.73 bits per heavy atom. The van der Waals surface area contributed by atoms with Crippen molar-refractivity contribution < 1.29 is 9.59 Å². The molecule has 0 spiro atoms. The normalized spacial score (nSPS) is 20.0. The summed E-state index contributed by atoms with van der Waals surface area (Å²) in [5.41, 5.74) is 0.214. The zero-order valence-corrected chi connectivity index (χ0v) is 8.78. The number of hydrogen-bond donors (Lipinski definition) is 1. The average Bonchev–Trinajstić information content (AvgIpc) is 2.69. The molecule has 2 amide bonds. The lowest BCUT2D eigenvalue weighted by atomic mass is 9.92. The number of aromatic amines is 1. The molecule has 1 aromatic rings. The van der Waals surface area contributed by atoms with E-state index in [-0.39, 0.29) is 11.8 Å². The molecule has 1 aliphatic heterocycles. The highest BCUT2D eigenvalue weighted by Gasteiger charge is 2.44. The van der Waals surface area contributed by atoms with E-state index in [2.05, 4.69) is 9.97 Å². The van der Waals surface area contributed by atoms with Crippen LogP contribution in [-0.4, -0.2) is 26.7 Å². The number of imide groups is 1. The lowest BCUT2D eigenvalue weighted by molar-refractivity contribution is -0.141. The number of likely N-dealkylation sites (tertiary alicyclic amines) is 1. The van der Waals surface area contributed by atoms with Crippen LogP contribution in [0.1, 0.15) is 26.0 Å². The van der Waals surface area contributed by atoms with E-state index < -0.39 is 5.41 Å². The van der Waals surface area contributed by atoms with Crippen LogP contribution in [0.15, 0.2) is 12.5 Å². The second-order valence-electron chi connectivity index (χ2n) is 4.42. The van der Waals surface area contributed by atoms with Crippen LogP contribution in [-0.2, 0) is 16.1 Å². The van der Waals surface area contributed by atoms with Crippen molar-refractivity contribution in [3.05, 3.63) is 18.2 Å². The van der Waals surface area contributed by atoms with Crippen molar-refractivity contribution in [1.82, 2.24) is 14.9 Å². The molecule has 0 saturated carbocycles. The summed E-state index contributed by atoms with van der Waals surface area (Å²) in [6, 6.07) is 0. The van der Waals surface area contributed by atoms with Crippen molar-refractivity contribution in [2.75, 3.05) is 0 Å². The van der Waals surface area contributed by atoms with Gasteiger partial charge in [-0.05, 0) is 0 Å². The summed E-state index contributed by atoms with van der Waals surface area (Å²) in [4.78, 5) is 31.4. The third kappa shape index (κ3) is 1.65. The number of H-pyrrole nitrogens is 1. The molecule has 1 aliphatic rings. The van der Waals surface area contributed by atoms with Crippen molar-refractivity contribution >= 4 is 11.8 Å². The zero-order chi connectivity index (χ0) is 11.1. The molecular weight excluding hydrogens is 194 g/mol. The van der Waals surface area contributed by atoms with Gasteiger partial charge in [0.1, 0.15) is 0 Å². The van der Waals surface area contributed by atoms with Crippen LogP contribution in [0.5, 0.6) is 0 Å². The Morgan fingerprint density at radius 1 is 1.53 bits per heavy atom. The fourth-order valence-electron chi connectivity index (χ4n) is 1.73. The van der Waals surface area contributed by atoms with Gasteiger partial charge in [-0.1, -0.05) is 13.8 Å². The number of nitrogens with one attached hydrogen (secondary N) is 1. The summed E-state index contributed by atoms with van der Waals surface area (Å²) in [6.07, 6.45) is 3.44. The van der Waals surface area contributed by atoms with Gasteiger partial charge in [-0.2, -0.15) is 0 Å². The Morgan fingerprint density at radius 2 is 2.27 bits per heavy atom. The van der Waals surface area contributed by atoms with Crippen LogP contribution in [0.4, 0.5) is 0 Å². The summed E-state index contributed by atoms with van der Waals surface area (Å²) < 4.78 is 0. The number of amides is 2. The predicted molar refractivity (Wildman–Crippen MR) is 52.5 cm³/mol. The average molecular weight is 207 g/mol. The van der Waals surface area contributed by atoms with Crippen molar-refractivity contribution in [1.29, 1.82) is 0 Å². The van der Waals surface area contributed by atoms with Crippen LogP contribution < -0.4 is 0 Å². The molecule has 1 aromatic heterocycles. The molecule has 2 rings (SSSR count). The molecule has 0 bridgehead atoms. The minimum atomic E-state index is -0.558. The van der Waals surface area contributed by atoms with E-state index in [0.29, 0.717) is 13.0 Å². The highest BCUT2D eigenvalue weighted by molar-refractivity contribution is 6.05. The molecular formula is C10H13N3O2. The molecule has 5 nitrogen and oxygen atoms in total. The van der Waals surface area contributed by atoms with Crippen LogP contribution in [0.2, 0.25) is 0 Å². The Labute approximate surface area is 87.5 Å². The molecule has 15 heavy (non-hydrogen) atoms. The number of hydrogen-bond acceptors (Lipinski definition) is 3. The summed E-state index contributed by atoms with van der Waals surface area (Å²) in [6.45, 7) is 3.88. The number of nitrogens with zero attached hydrogens (tertiary/aromatic N) is 2. The summed E-state index contributed by atoms with van der Waals surface area (Å²) in [5, 5.41) is 0. The van der Waals surface area contributed by atoms with Gasteiger partial charge in [0.05, 0.1) is 24.0 Å². The van der Waals surface area contributed by atoms with Crippen molar-refractivity contribution in [2.24, 2.45) is 5.41 Å². The SMILES string of the molecule is CC1(C)CC(=O)N(Cc2cnc[nH]2)C1=O. The summed E-state index contributed by atoms with van der Waals surface area (Å²) in [5.74, 6) is -0.221. The van der Waals surface area contributed by atoms with E-state index in [9.17, 15) is 9.59 Å². The van der Waals surface area contributed by atoms with Gasteiger partial charge in [-0.25, -0.2) is 4.98 Å². The number of aromatic nitrogens is 2.